The van der Waals surface area contributed by atoms with Crippen LogP contribution in [0.5, 0.6) is 0 Å². The molecule has 1 N–H and O–H groups in total. The molecule has 0 aliphatic carbocycles. The van der Waals surface area contributed by atoms with Crippen molar-refractivity contribution in [3.63, 3.8) is 0 Å². The molecular weight excluding hydrogens is 238 g/mol. The summed E-state index contributed by atoms with van der Waals surface area (Å²) in [6, 6.07) is 1.53. The maximum atomic E-state index is 11.3. The Bertz CT molecular complexity index is 449. The summed E-state index contributed by atoms with van der Waals surface area (Å²) in [5.74, 6) is -0.581. The first-order valence-electron chi connectivity index (χ1n) is 4.16. The quantitative estimate of drug-likeness (QED) is 0.816. The standard InChI is InChI=1S/C8H11NO4S2/c1-3-15(11,12)9-6-4-5-14-7(6)8(10)13-2/h4-5,9H,3H2,1-2H3. The van der Waals surface area contributed by atoms with Gasteiger partial charge in [0.25, 0.3) is 0 Å². The number of sulfonamides is 1. The molecule has 0 amide bonds. The third-order valence-electron chi connectivity index (χ3n) is 1.68. The molecule has 0 bridgehead atoms. The number of methoxy groups -OCH3 is 1. The van der Waals surface area contributed by atoms with Crippen LogP contribution in [0.4, 0.5) is 5.69 Å². The van der Waals surface area contributed by atoms with Gasteiger partial charge < -0.3 is 4.74 Å². The van der Waals surface area contributed by atoms with E-state index in [0.717, 1.165) is 11.3 Å². The topological polar surface area (TPSA) is 72.5 Å². The fraction of sp³-hybridized carbons (Fsp3) is 0.375. The molecule has 7 heteroatoms. The third-order valence-corrected chi connectivity index (χ3v) is 3.87. The van der Waals surface area contributed by atoms with E-state index in [4.69, 9.17) is 0 Å². The Hall–Kier alpha value is -1.08. The van der Waals surface area contributed by atoms with Crippen LogP contribution in [0.2, 0.25) is 0 Å². The number of esters is 1. The Morgan fingerprint density at radius 1 is 1.60 bits per heavy atom. The second-order valence-corrected chi connectivity index (χ2v) is 5.59. The highest BCUT2D eigenvalue weighted by molar-refractivity contribution is 7.92. The summed E-state index contributed by atoms with van der Waals surface area (Å²) in [6.07, 6.45) is 0. The predicted molar refractivity (Wildman–Crippen MR) is 58.7 cm³/mol. The van der Waals surface area contributed by atoms with E-state index < -0.39 is 16.0 Å². The molecule has 0 saturated heterocycles. The Balaban J connectivity index is 2.97. The molecular formula is C8H11NO4S2. The fourth-order valence-corrected chi connectivity index (χ4v) is 2.36. The van der Waals surface area contributed by atoms with Crippen LogP contribution in [-0.2, 0) is 14.8 Å². The Kier molecular flexibility index (Phi) is 3.70. The minimum Gasteiger partial charge on any atom is -0.465 e. The van der Waals surface area contributed by atoms with E-state index >= 15 is 0 Å². The van der Waals surface area contributed by atoms with Gasteiger partial charge in [-0.25, -0.2) is 13.2 Å². The highest BCUT2D eigenvalue weighted by Gasteiger charge is 2.17. The molecule has 15 heavy (non-hydrogen) atoms. The summed E-state index contributed by atoms with van der Waals surface area (Å²) in [4.78, 5) is 11.5. The predicted octanol–water partition coefficient (Wildman–Crippen LogP) is 1.30. The molecule has 0 aromatic carbocycles. The zero-order valence-electron chi connectivity index (χ0n) is 8.31. The molecule has 0 radical (unpaired) electrons. The van der Waals surface area contributed by atoms with Crippen LogP contribution in [-0.4, -0.2) is 27.2 Å². The van der Waals surface area contributed by atoms with Crippen molar-refractivity contribution < 1.29 is 17.9 Å². The summed E-state index contributed by atoms with van der Waals surface area (Å²) >= 11 is 1.13. The number of rotatable bonds is 4. The molecule has 0 spiro atoms. The Labute approximate surface area is 92.1 Å². The SMILES string of the molecule is CCS(=O)(=O)Nc1ccsc1C(=O)OC. The summed E-state index contributed by atoms with van der Waals surface area (Å²) < 4.78 is 29.4. The van der Waals surface area contributed by atoms with E-state index in [9.17, 15) is 13.2 Å². The largest absolute Gasteiger partial charge is 0.465 e. The van der Waals surface area contributed by atoms with Crippen molar-refractivity contribution in [2.75, 3.05) is 17.6 Å². The van der Waals surface area contributed by atoms with Gasteiger partial charge in [0.15, 0.2) is 0 Å². The molecule has 1 aromatic heterocycles. The maximum Gasteiger partial charge on any atom is 0.350 e. The molecule has 84 valence electrons. The van der Waals surface area contributed by atoms with Crippen LogP contribution in [0.1, 0.15) is 16.6 Å². The zero-order chi connectivity index (χ0) is 11.5. The highest BCUT2D eigenvalue weighted by atomic mass is 32.2. The lowest BCUT2D eigenvalue weighted by molar-refractivity contribution is 0.0607. The van der Waals surface area contributed by atoms with E-state index in [1.54, 1.807) is 5.38 Å². The number of ether oxygens (including phenoxy) is 1. The van der Waals surface area contributed by atoms with E-state index in [2.05, 4.69) is 9.46 Å². The summed E-state index contributed by atoms with van der Waals surface area (Å²) in [5.41, 5.74) is 0.272. The number of thiophene rings is 1. The van der Waals surface area contributed by atoms with Crippen molar-refractivity contribution in [3.8, 4) is 0 Å². The number of hydrogen-bond donors (Lipinski definition) is 1. The molecule has 1 heterocycles. The summed E-state index contributed by atoms with van der Waals surface area (Å²) in [5, 5.41) is 1.62. The van der Waals surface area contributed by atoms with Gasteiger partial charge in [-0.15, -0.1) is 11.3 Å². The zero-order valence-corrected chi connectivity index (χ0v) is 9.94. The van der Waals surface area contributed by atoms with Gasteiger partial charge in [0.2, 0.25) is 10.0 Å². The molecule has 0 aliphatic rings. The fourth-order valence-electron chi connectivity index (χ4n) is 0.880. The normalized spacial score (nSPS) is 11.1. The molecule has 1 rings (SSSR count). The van der Waals surface area contributed by atoms with E-state index in [1.807, 2.05) is 0 Å². The van der Waals surface area contributed by atoms with Gasteiger partial charge in [0.1, 0.15) is 4.88 Å². The molecule has 0 saturated carbocycles. The van der Waals surface area contributed by atoms with Crippen LogP contribution in [0, 0.1) is 0 Å². The third kappa shape index (κ3) is 2.93. The monoisotopic (exact) mass is 249 g/mol. The van der Waals surface area contributed by atoms with E-state index in [-0.39, 0.29) is 16.3 Å². The lowest BCUT2D eigenvalue weighted by Crippen LogP contribution is -2.16. The van der Waals surface area contributed by atoms with Crippen LogP contribution < -0.4 is 4.72 Å². The average molecular weight is 249 g/mol. The highest BCUT2D eigenvalue weighted by Crippen LogP contribution is 2.23. The first kappa shape index (κ1) is 12.0. The minimum atomic E-state index is -3.36. The number of carbonyl (C=O) groups excluding carboxylic acids is 1. The Morgan fingerprint density at radius 2 is 2.27 bits per heavy atom. The number of hydrogen-bond acceptors (Lipinski definition) is 5. The number of carbonyl (C=O) groups is 1. The summed E-state index contributed by atoms with van der Waals surface area (Å²) in [6.45, 7) is 1.52. The van der Waals surface area contributed by atoms with Gasteiger partial charge in [0, 0.05) is 0 Å². The van der Waals surface area contributed by atoms with E-state index in [1.165, 1.54) is 20.1 Å². The van der Waals surface area contributed by atoms with Gasteiger partial charge in [-0.2, -0.15) is 0 Å². The minimum absolute atomic E-state index is 0.0382. The maximum absolute atomic E-state index is 11.3. The number of nitrogens with one attached hydrogen (secondary N) is 1. The molecule has 0 unspecified atom stereocenters. The van der Waals surface area contributed by atoms with Crippen LogP contribution in [0.25, 0.3) is 0 Å². The molecule has 5 nitrogen and oxygen atoms in total. The van der Waals surface area contributed by atoms with Gasteiger partial charge in [-0.05, 0) is 18.4 Å². The van der Waals surface area contributed by atoms with Crippen molar-refractivity contribution >= 4 is 33.0 Å². The smallest absolute Gasteiger partial charge is 0.350 e. The van der Waals surface area contributed by atoms with Crippen molar-refractivity contribution in [1.82, 2.24) is 0 Å². The number of anilines is 1. The Morgan fingerprint density at radius 3 is 2.80 bits per heavy atom. The average Bonchev–Trinajstić information content (AvgIpc) is 2.64. The van der Waals surface area contributed by atoms with Gasteiger partial charge >= 0.3 is 5.97 Å². The van der Waals surface area contributed by atoms with Crippen LogP contribution in [0.3, 0.4) is 0 Å². The van der Waals surface area contributed by atoms with Crippen molar-refractivity contribution in [2.24, 2.45) is 0 Å². The van der Waals surface area contributed by atoms with Crippen LogP contribution >= 0.6 is 11.3 Å². The van der Waals surface area contributed by atoms with Crippen molar-refractivity contribution in [2.45, 2.75) is 6.92 Å². The van der Waals surface area contributed by atoms with Crippen molar-refractivity contribution in [1.29, 1.82) is 0 Å². The first-order chi connectivity index (χ1) is 7.00. The molecule has 1 aromatic rings. The molecule has 0 aliphatic heterocycles. The summed E-state index contributed by atoms with van der Waals surface area (Å²) in [7, 11) is -2.11. The molecule has 0 fully saturated rings. The lowest BCUT2D eigenvalue weighted by Gasteiger charge is -2.05. The second kappa shape index (κ2) is 4.63. The molecule has 0 atom stereocenters. The van der Waals surface area contributed by atoms with Gasteiger partial charge in [0.05, 0.1) is 18.6 Å². The van der Waals surface area contributed by atoms with Crippen LogP contribution in [0.15, 0.2) is 11.4 Å². The lowest BCUT2D eigenvalue weighted by atomic mass is 10.4. The van der Waals surface area contributed by atoms with Gasteiger partial charge in [-0.1, -0.05) is 0 Å². The van der Waals surface area contributed by atoms with Gasteiger partial charge in [-0.3, -0.25) is 4.72 Å². The first-order valence-corrected chi connectivity index (χ1v) is 6.69. The second-order valence-electron chi connectivity index (χ2n) is 2.66. The van der Waals surface area contributed by atoms with E-state index in [0.29, 0.717) is 0 Å². The van der Waals surface area contributed by atoms with Crippen molar-refractivity contribution in [3.05, 3.63) is 16.3 Å².